The predicted molar refractivity (Wildman–Crippen MR) is 79.5 cm³/mol. The molecule has 100 valence electrons. The molecule has 0 radical (unpaired) electrons. The molecule has 0 spiro atoms. The molecule has 0 aliphatic heterocycles. The minimum atomic E-state index is -0.256. The van der Waals surface area contributed by atoms with Crippen molar-refractivity contribution in [1.29, 1.82) is 0 Å². The molecule has 0 aromatic carbocycles. The van der Waals surface area contributed by atoms with Gasteiger partial charge >= 0.3 is 0 Å². The first-order valence-corrected chi connectivity index (χ1v) is 7.36. The highest BCUT2D eigenvalue weighted by atomic mass is 79.9. The lowest BCUT2D eigenvalue weighted by atomic mass is 10.3. The van der Waals surface area contributed by atoms with Gasteiger partial charge in [-0.15, -0.1) is 11.3 Å². The number of aryl methyl sites for hydroxylation is 1. The Morgan fingerprint density at radius 3 is 2.95 bits per heavy atom. The van der Waals surface area contributed by atoms with Crippen LogP contribution in [0, 0.1) is 6.92 Å². The Labute approximate surface area is 123 Å². The van der Waals surface area contributed by atoms with E-state index in [2.05, 4.69) is 31.2 Å². The zero-order chi connectivity index (χ0) is 13.8. The zero-order valence-corrected chi connectivity index (χ0v) is 12.7. The first kappa shape index (κ1) is 14.1. The first-order chi connectivity index (χ1) is 9.10. The molecule has 5 nitrogen and oxygen atoms in total. The average Bonchev–Trinajstić information content (AvgIpc) is 2.83. The van der Waals surface area contributed by atoms with Gasteiger partial charge in [0.2, 0.25) is 0 Å². The van der Waals surface area contributed by atoms with Crippen molar-refractivity contribution in [1.82, 2.24) is 9.97 Å². The third-order valence-corrected chi connectivity index (χ3v) is 4.15. The summed E-state index contributed by atoms with van der Waals surface area (Å²) in [5.74, 6) is 0.257. The van der Waals surface area contributed by atoms with Crippen LogP contribution < -0.4 is 11.1 Å². The molecule has 2 aromatic rings. The Morgan fingerprint density at radius 2 is 2.26 bits per heavy atom. The van der Waals surface area contributed by atoms with Crippen molar-refractivity contribution in [2.75, 3.05) is 11.9 Å². The van der Waals surface area contributed by atoms with E-state index >= 15 is 0 Å². The van der Waals surface area contributed by atoms with Crippen LogP contribution in [-0.4, -0.2) is 22.4 Å². The number of rotatable bonds is 4. The molecule has 0 fully saturated rings. The van der Waals surface area contributed by atoms with Crippen LogP contribution in [0.2, 0.25) is 0 Å². The van der Waals surface area contributed by atoms with Gasteiger partial charge < -0.3 is 11.1 Å². The second-order valence-electron chi connectivity index (χ2n) is 3.88. The SMILES string of the molecule is Cc1nc(NC(=O)c2csc(CCN)n2)ccc1Br. The summed E-state index contributed by atoms with van der Waals surface area (Å²) in [6, 6.07) is 3.58. The van der Waals surface area contributed by atoms with E-state index in [9.17, 15) is 4.79 Å². The Balaban J connectivity index is 2.09. The van der Waals surface area contributed by atoms with Gasteiger partial charge in [0, 0.05) is 16.3 Å². The number of carbonyl (C=O) groups is 1. The van der Waals surface area contributed by atoms with Gasteiger partial charge in [-0.25, -0.2) is 9.97 Å². The lowest BCUT2D eigenvalue weighted by Gasteiger charge is -2.04. The van der Waals surface area contributed by atoms with Crippen LogP contribution in [0.1, 0.15) is 21.2 Å². The number of amides is 1. The van der Waals surface area contributed by atoms with Crippen molar-refractivity contribution < 1.29 is 4.79 Å². The molecule has 0 saturated heterocycles. The van der Waals surface area contributed by atoms with Crippen molar-refractivity contribution in [3.8, 4) is 0 Å². The summed E-state index contributed by atoms with van der Waals surface area (Å²) in [5, 5.41) is 5.32. The van der Waals surface area contributed by atoms with Crippen LogP contribution in [0.15, 0.2) is 22.0 Å². The van der Waals surface area contributed by atoms with E-state index in [0.29, 0.717) is 24.5 Å². The third-order valence-electron chi connectivity index (χ3n) is 2.41. The van der Waals surface area contributed by atoms with Gasteiger partial charge in [-0.3, -0.25) is 4.79 Å². The lowest BCUT2D eigenvalue weighted by Crippen LogP contribution is -2.14. The molecule has 0 saturated carbocycles. The van der Waals surface area contributed by atoms with Gasteiger partial charge in [0.15, 0.2) is 0 Å². The van der Waals surface area contributed by atoms with E-state index in [0.717, 1.165) is 15.2 Å². The van der Waals surface area contributed by atoms with E-state index in [1.165, 1.54) is 11.3 Å². The van der Waals surface area contributed by atoms with Crippen LogP contribution >= 0.6 is 27.3 Å². The molecule has 0 aliphatic carbocycles. The molecule has 0 atom stereocenters. The molecule has 2 rings (SSSR count). The van der Waals surface area contributed by atoms with E-state index in [1.54, 1.807) is 11.4 Å². The minimum absolute atomic E-state index is 0.256. The van der Waals surface area contributed by atoms with E-state index in [1.807, 2.05) is 13.0 Å². The number of aromatic nitrogens is 2. The summed E-state index contributed by atoms with van der Waals surface area (Å²) < 4.78 is 0.907. The van der Waals surface area contributed by atoms with Crippen LogP contribution in [0.4, 0.5) is 5.82 Å². The van der Waals surface area contributed by atoms with Crippen molar-refractivity contribution in [2.45, 2.75) is 13.3 Å². The lowest BCUT2D eigenvalue weighted by molar-refractivity contribution is 0.102. The number of thiazole rings is 1. The molecule has 0 unspecified atom stereocenters. The standard InChI is InChI=1S/C12H13BrN4OS/c1-7-8(13)2-3-10(15-7)17-12(18)9-6-19-11(16-9)4-5-14/h2-3,6H,4-5,14H2,1H3,(H,15,17,18). The molecule has 0 bridgehead atoms. The van der Waals surface area contributed by atoms with Crippen molar-refractivity contribution in [3.63, 3.8) is 0 Å². The minimum Gasteiger partial charge on any atom is -0.330 e. The summed E-state index contributed by atoms with van der Waals surface area (Å²) in [6.07, 6.45) is 0.688. The number of anilines is 1. The Bertz CT molecular complexity index is 599. The maximum absolute atomic E-state index is 12.0. The smallest absolute Gasteiger partial charge is 0.276 e. The Kier molecular flexibility index (Phi) is 4.62. The molecular weight excluding hydrogens is 328 g/mol. The summed E-state index contributed by atoms with van der Waals surface area (Å²) >= 11 is 4.80. The Morgan fingerprint density at radius 1 is 1.47 bits per heavy atom. The number of carbonyl (C=O) groups excluding carboxylic acids is 1. The highest BCUT2D eigenvalue weighted by Crippen LogP contribution is 2.17. The maximum atomic E-state index is 12.0. The van der Waals surface area contributed by atoms with Crippen molar-refractivity contribution >= 4 is 39.0 Å². The number of nitrogens with one attached hydrogen (secondary N) is 1. The van der Waals surface area contributed by atoms with E-state index < -0.39 is 0 Å². The molecule has 3 N–H and O–H groups in total. The number of hydrogen-bond donors (Lipinski definition) is 2. The van der Waals surface area contributed by atoms with Crippen molar-refractivity contribution in [2.24, 2.45) is 5.73 Å². The number of halogens is 1. The molecular formula is C12H13BrN4OS. The summed E-state index contributed by atoms with van der Waals surface area (Å²) in [4.78, 5) is 20.5. The average molecular weight is 341 g/mol. The number of hydrogen-bond acceptors (Lipinski definition) is 5. The third kappa shape index (κ3) is 3.59. The van der Waals surface area contributed by atoms with Crippen LogP contribution in [-0.2, 0) is 6.42 Å². The highest BCUT2D eigenvalue weighted by molar-refractivity contribution is 9.10. The largest absolute Gasteiger partial charge is 0.330 e. The quantitative estimate of drug-likeness (QED) is 0.895. The number of nitrogens with two attached hydrogens (primary N) is 1. The molecule has 7 heteroatoms. The topological polar surface area (TPSA) is 80.9 Å². The van der Waals surface area contributed by atoms with E-state index in [4.69, 9.17) is 5.73 Å². The maximum Gasteiger partial charge on any atom is 0.276 e. The number of pyridine rings is 1. The second kappa shape index (κ2) is 6.23. The molecule has 1 amide bonds. The normalized spacial score (nSPS) is 10.5. The molecule has 19 heavy (non-hydrogen) atoms. The summed E-state index contributed by atoms with van der Waals surface area (Å²) in [7, 11) is 0. The Hall–Kier alpha value is -1.31. The number of nitrogens with zero attached hydrogens (tertiary/aromatic N) is 2. The first-order valence-electron chi connectivity index (χ1n) is 5.69. The van der Waals surface area contributed by atoms with Gasteiger partial charge in [-0.2, -0.15) is 0 Å². The summed E-state index contributed by atoms with van der Waals surface area (Å²) in [6.45, 7) is 2.39. The molecule has 2 heterocycles. The van der Waals surface area contributed by atoms with Crippen LogP contribution in [0.25, 0.3) is 0 Å². The van der Waals surface area contributed by atoms with Crippen LogP contribution in [0.5, 0.6) is 0 Å². The second-order valence-corrected chi connectivity index (χ2v) is 5.68. The molecule has 0 aliphatic rings. The van der Waals surface area contributed by atoms with E-state index in [-0.39, 0.29) is 5.91 Å². The monoisotopic (exact) mass is 340 g/mol. The molecule has 2 aromatic heterocycles. The van der Waals surface area contributed by atoms with Gasteiger partial charge in [-0.1, -0.05) is 0 Å². The fraction of sp³-hybridized carbons (Fsp3) is 0.250. The fourth-order valence-corrected chi connectivity index (χ4v) is 2.46. The predicted octanol–water partition coefficient (Wildman–Crippen LogP) is 2.36. The van der Waals surface area contributed by atoms with Gasteiger partial charge in [0.1, 0.15) is 11.5 Å². The van der Waals surface area contributed by atoms with Crippen molar-refractivity contribution in [3.05, 3.63) is 38.4 Å². The van der Waals surface area contributed by atoms with Gasteiger partial charge in [-0.05, 0) is 41.5 Å². The van der Waals surface area contributed by atoms with Gasteiger partial charge in [0.25, 0.3) is 5.91 Å². The zero-order valence-electron chi connectivity index (χ0n) is 10.3. The fourth-order valence-electron chi connectivity index (χ4n) is 1.45. The van der Waals surface area contributed by atoms with Crippen LogP contribution in [0.3, 0.4) is 0 Å². The highest BCUT2D eigenvalue weighted by Gasteiger charge is 2.11. The summed E-state index contributed by atoms with van der Waals surface area (Å²) in [5.41, 5.74) is 6.67. The van der Waals surface area contributed by atoms with Gasteiger partial charge in [0.05, 0.1) is 10.7 Å².